The SMILES string of the molecule is CC[C@@H](Sc1ccccc1)c1ccoc1. The Morgan fingerprint density at radius 3 is 2.60 bits per heavy atom. The average molecular weight is 218 g/mol. The van der Waals surface area contributed by atoms with Gasteiger partial charge in [-0.05, 0) is 24.6 Å². The smallest absolute Gasteiger partial charge is 0.0945 e. The topological polar surface area (TPSA) is 13.1 Å². The van der Waals surface area contributed by atoms with Gasteiger partial charge in [-0.1, -0.05) is 25.1 Å². The maximum Gasteiger partial charge on any atom is 0.0945 e. The summed E-state index contributed by atoms with van der Waals surface area (Å²) in [6.07, 6.45) is 4.69. The number of hydrogen-bond acceptors (Lipinski definition) is 2. The van der Waals surface area contributed by atoms with Gasteiger partial charge >= 0.3 is 0 Å². The molecule has 2 heteroatoms. The number of hydrogen-bond donors (Lipinski definition) is 0. The minimum Gasteiger partial charge on any atom is -0.472 e. The highest BCUT2D eigenvalue weighted by Gasteiger charge is 2.11. The molecule has 0 amide bonds. The largest absolute Gasteiger partial charge is 0.472 e. The molecule has 0 aliphatic rings. The first-order valence-electron chi connectivity index (χ1n) is 5.14. The van der Waals surface area contributed by atoms with E-state index in [0.29, 0.717) is 5.25 Å². The Balaban J connectivity index is 2.10. The van der Waals surface area contributed by atoms with Crippen LogP contribution in [0.2, 0.25) is 0 Å². The van der Waals surface area contributed by atoms with E-state index in [2.05, 4.69) is 31.2 Å². The lowest BCUT2D eigenvalue weighted by molar-refractivity contribution is 0.563. The molecule has 0 saturated heterocycles. The second kappa shape index (κ2) is 5.08. The van der Waals surface area contributed by atoms with Gasteiger partial charge in [-0.3, -0.25) is 0 Å². The summed E-state index contributed by atoms with van der Waals surface area (Å²) < 4.78 is 5.12. The van der Waals surface area contributed by atoms with Gasteiger partial charge in [-0.15, -0.1) is 11.8 Å². The third-order valence-electron chi connectivity index (χ3n) is 2.31. The van der Waals surface area contributed by atoms with Gasteiger partial charge in [-0.25, -0.2) is 0 Å². The Kier molecular flexibility index (Phi) is 3.51. The molecule has 2 aromatic rings. The first-order chi connectivity index (χ1) is 7.40. The average Bonchev–Trinajstić information content (AvgIpc) is 2.81. The van der Waals surface area contributed by atoms with Crippen LogP contribution in [0.4, 0.5) is 0 Å². The maximum atomic E-state index is 5.12. The molecule has 1 aromatic heterocycles. The molecule has 1 atom stereocenters. The zero-order valence-corrected chi connectivity index (χ0v) is 9.54. The van der Waals surface area contributed by atoms with Crippen molar-refractivity contribution in [3.63, 3.8) is 0 Å². The van der Waals surface area contributed by atoms with Crippen LogP contribution in [0, 0.1) is 0 Å². The highest BCUT2D eigenvalue weighted by atomic mass is 32.2. The summed E-state index contributed by atoms with van der Waals surface area (Å²) in [7, 11) is 0. The zero-order chi connectivity index (χ0) is 10.5. The summed E-state index contributed by atoms with van der Waals surface area (Å²) in [4.78, 5) is 1.31. The van der Waals surface area contributed by atoms with Crippen molar-refractivity contribution >= 4 is 11.8 Å². The van der Waals surface area contributed by atoms with E-state index < -0.39 is 0 Å². The molecule has 1 nitrogen and oxygen atoms in total. The standard InChI is InChI=1S/C13H14OS/c1-2-13(11-8-9-14-10-11)15-12-6-4-3-5-7-12/h3-10,13H,2H2,1H3/t13-/m1/s1. The van der Waals surface area contributed by atoms with Gasteiger partial charge in [0.25, 0.3) is 0 Å². The predicted molar refractivity (Wildman–Crippen MR) is 64.0 cm³/mol. The van der Waals surface area contributed by atoms with Crippen LogP contribution in [0.15, 0.2) is 58.2 Å². The van der Waals surface area contributed by atoms with Gasteiger partial charge in [0.05, 0.1) is 12.5 Å². The van der Waals surface area contributed by atoms with Crippen LogP contribution >= 0.6 is 11.8 Å². The molecule has 0 fully saturated rings. The van der Waals surface area contributed by atoms with Crippen molar-refractivity contribution in [3.05, 3.63) is 54.5 Å². The van der Waals surface area contributed by atoms with E-state index >= 15 is 0 Å². The van der Waals surface area contributed by atoms with Crippen molar-refractivity contribution in [1.82, 2.24) is 0 Å². The quantitative estimate of drug-likeness (QED) is 0.700. The third kappa shape index (κ3) is 2.66. The Hall–Kier alpha value is -1.15. The molecular weight excluding hydrogens is 204 g/mol. The Labute approximate surface area is 94.5 Å². The molecule has 0 saturated carbocycles. The van der Waals surface area contributed by atoms with Gasteiger partial charge in [-0.2, -0.15) is 0 Å². The number of furan rings is 1. The van der Waals surface area contributed by atoms with Crippen LogP contribution < -0.4 is 0 Å². The van der Waals surface area contributed by atoms with Crippen LogP contribution in [0.25, 0.3) is 0 Å². The first kappa shape index (κ1) is 10.4. The highest BCUT2D eigenvalue weighted by molar-refractivity contribution is 7.99. The van der Waals surface area contributed by atoms with Gasteiger partial charge in [0.1, 0.15) is 0 Å². The Bertz CT molecular complexity index is 380. The van der Waals surface area contributed by atoms with E-state index in [1.807, 2.05) is 30.2 Å². The summed E-state index contributed by atoms with van der Waals surface area (Å²) in [5.74, 6) is 0. The van der Waals surface area contributed by atoms with E-state index in [-0.39, 0.29) is 0 Å². The summed E-state index contributed by atoms with van der Waals surface area (Å²) in [6.45, 7) is 2.20. The summed E-state index contributed by atoms with van der Waals surface area (Å²) in [5, 5.41) is 0.492. The van der Waals surface area contributed by atoms with Gasteiger partial charge in [0.2, 0.25) is 0 Å². The van der Waals surface area contributed by atoms with Crippen molar-refractivity contribution in [1.29, 1.82) is 0 Å². The third-order valence-corrected chi connectivity index (χ3v) is 3.74. The first-order valence-corrected chi connectivity index (χ1v) is 6.02. The molecule has 0 radical (unpaired) electrons. The van der Waals surface area contributed by atoms with Crippen LogP contribution in [0.3, 0.4) is 0 Å². The molecule has 0 aliphatic carbocycles. The van der Waals surface area contributed by atoms with Crippen molar-refractivity contribution in [2.75, 3.05) is 0 Å². The molecule has 78 valence electrons. The molecule has 0 N–H and O–H groups in total. The molecule has 15 heavy (non-hydrogen) atoms. The lowest BCUT2D eigenvalue weighted by atomic mass is 10.2. The second-order valence-corrected chi connectivity index (χ2v) is 4.66. The summed E-state index contributed by atoms with van der Waals surface area (Å²) >= 11 is 1.89. The van der Waals surface area contributed by atoms with Crippen LogP contribution in [0.5, 0.6) is 0 Å². The van der Waals surface area contributed by atoms with E-state index in [0.717, 1.165) is 6.42 Å². The number of thioether (sulfide) groups is 1. The fraction of sp³-hybridized carbons (Fsp3) is 0.231. The van der Waals surface area contributed by atoms with Crippen molar-refractivity contribution in [2.24, 2.45) is 0 Å². The number of benzene rings is 1. The fourth-order valence-electron chi connectivity index (χ4n) is 1.51. The number of rotatable bonds is 4. The fourth-order valence-corrected chi connectivity index (χ4v) is 2.59. The van der Waals surface area contributed by atoms with E-state index in [4.69, 9.17) is 4.42 Å². The summed E-state index contributed by atoms with van der Waals surface area (Å²) in [6, 6.07) is 12.5. The van der Waals surface area contributed by atoms with Gasteiger partial charge < -0.3 is 4.42 Å². The minimum atomic E-state index is 0.492. The monoisotopic (exact) mass is 218 g/mol. The summed E-state index contributed by atoms with van der Waals surface area (Å²) in [5.41, 5.74) is 1.27. The van der Waals surface area contributed by atoms with E-state index in [1.54, 1.807) is 6.26 Å². The predicted octanol–water partition coefficient (Wildman–Crippen LogP) is 4.52. The molecule has 0 aliphatic heterocycles. The molecule has 2 rings (SSSR count). The van der Waals surface area contributed by atoms with Crippen molar-refractivity contribution in [3.8, 4) is 0 Å². The van der Waals surface area contributed by atoms with E-state index in [9.17, 15) is 0 Å². The van der Waals surface area contributed by atoms with Gasteiger partial charge in [0, 0.05) is 15.7 Å². The minimum absolute atomic E-state index is 0.492. The van der Waals surface area contributed by atoms with Crippen LogP contribution in [-0.4, -0.2) is 0 Å². The lowest BCUT2D eigenvalue weighted by Crippen LogP contribution is -1.89. The molecule has 0 unspecified atom stereocenters. The zero-order valence-electron chi connectivity index (χ0n) is 8.72. The molecule has 1 aromatic carbocycles. The van der Waals surface area contributed by atoms with Crippen molar-refractivity contribution in [2.45, 2.75) is 23.5 Å². The lowest BCUT2D eigenvalue weighted by Gasteiger charge is -2.11. The molecule has 0 spiro atoms. The molecule has 1 heterocycles. The molecule has 0 bridgehead atoms. The maximum absolute atomic E-state index is 5.12. The van der Waals surface area contributed by atoms with Gasteiger partial charge in [0.15, 0.2) is 0 Å². The highest BCUT2D eigenvalue weighted by Crippen LogP contribution is 2.37. The second-order valence-electron chi connectivity index (χ2n) is 3.38. The Morgan fingerprint density at radius 1 is 1.20 bits per heavy atom. The Morgan fingerprint density at radius 2 is 2.00 bits per heavy atom. The van der Waals surface area contributed by atoms with Crippen molar-refractivity contribution < 1.29 is 4.42 Å². The molecular formula is C13H14OS. The van der Waals surface area contributed by atoms with E-state index in [1.165, 1.54) is 10.5 Å². The van der Waals surface area contributed by atoms with Crippen LogP contribution in [-0.2, 0) is 0 Å². The normalized spacial score (nSPS) is 12.6. The van der Waals surface area contributed by atoms with Crippen LogP contribution in [0.1, 0.15) is 24.2 Å².